The Bertz CT molecular complexity index is 480. The largest absolute Gasteiger partial charge is 0.297 e. The summed E-state index contributed by atoms with van der Waals surface area (Å²) in [5.41, 5.74) is 2.13. The van der Waals surface area contributed by atoms with Crippen molar-refractivity contribution in [3.8, 4) is 0 Å². The number of rotatable bonds is 0. The molecule has 0 aliphatic heterocycles. The third kappa shape index (κ3) is 0.777. The SMILES string of the molecule is Cc1nc2cc[nH]n2c(=O)c1C. The van der Waals surface area contributed by atoms with Gasteiger partial charge in [0, 0.05) is 23.5 Å². The van der Waals surface area contributed by atoms with Gasteiger partial charge in [-0.15, -0.1) is 0 Å². The van der Waals surface area contributed by atoms with Crippen LogP contribution in [0.5, 0.6) is 0 Å². The summed E-state index contributed by atoms with van der Waals surface area (Å²) < 4.78 is 1.43. The summed E-state index contributed by atoms with van der Waals surface area (Å²) in [4.78, 5) is 15.7. The number of nitrogens with zero attached hydrogens (tertiary/aromatic N) is 2. The van der Waals surface area contributed by atoms with E-state index in [-0.39, 0.29) is 5.56 Å². The van der Waals surface area contributed by atoms with Gasteiger partial charge in [0.1, 0.15) is 0 Å². The normalized spacial score (nSPS) is 10.8. The molecule has 0 bridgehead atoms. The number of nitrogens with one attached hydrogen (secondary N) is 1. The van der Waals surface area contributed by atoms with Gasteiger partial charge in [-0.3, -0.25) is 9.89 Å². The lowest BCUT2D eigenvalue weighted by Crippen LogP contribution is -2.18. The maximum Gasteiger partial charge on any atom is 0.275 e. The van der Waals surface area contributed by atoms with Crippen molar-refractivity contribution in [2.24, 2.45) is 0 Å². The molecule has 0 spiro atoms. The second-order valence-electron chi connectivity index (χ2n) is 2.78. The van der Waals surface area contributed by atoms with Gasteiger partial charge < -0.3 is 0 Å². The lowest BCUT2D eigenvalue weighted by molar-refractivity contribution is 0.873. The Hall–Kier alpha value is -1.58. The Kier molecular flexibility index (Phi) is 1.30. The van der Waals surface area contributed by atoms with Gasteiger partial charge in [0.25, 0.3) is 5.56 Å². The Morgan fingerprint density at radius 2 is 2.25 bits per heavy atom. The van der Waals surface area contributed by atoms with E-state index in [2.05, 4.69) is 10.1 Å². The first kappa shape index (κ1) is 7.09. The highest BCUT2D eigenvalue weighted by molar-refractivity contribution is 5.38. The molecule has 0 aromatic carbocycles. The van der Waals surface area contributed by atoms with Crippen LogP contribution in [0, 0.1) is 13.8 Å². The predicted molar refractivity (Wildman–Crippen MR) is 45.3 cm³/mol. The minimum atomic E-state index is -0.0255. The van der Waals surface area contributed by atoms with E-state index in [4.69, 9.17) is 0 Å². The van der Waals surface area contributed by atoms with Crippen LogP contribution in [0.3, 0.4) is 0 Å². The quantitative estimate of drug-likeness (QED) is 0.619. The smallest absolute Gasteiger partial charge is 0.275 e. The minimum Gasteiger partial charge on any atom is -0.297 e. The van der Waals surface area contributed by atoms with Gasteiger partial charge in [-0.05, 0) is 13.8 Å². The van der Waals surface area contributed by atoms with Crippen molar-refractivity contribution in [1.29, 1.82) is 0 Å². The minimum absolute atomic E-state index is 0.0255. The van der Waals surface area contributed by atoms with E-state index in [1.54, 1.807) is 19.2 Å². The van der Waals surface area contributed by atoms with Gasteiger partial charge >= 0.3 is 0 Å². The van der Waals surface area contributed by atoms with Crippen LogP contribution in [-0.4, -0.2) is 14.6 Å². The Balaban J connectivity index is 3.05. The van der Waals surface area contributed by atoms with Crippen LogP contribution < -0.4 is 5.56 Å². The number of fused-ring (bicyclic) bond motifs is 1. The standard InChI is InChI=1S/C8H9N3O/c1-5-6(2)10-7-3-4-9-11(7)8(5)12/h3-4,9H,1-2H3. The molecule has 0 amide bonds. The van der Waals surface area contributed by atoms with Gasteiger partial charge in [0.15, 0.2) is 5.65 Å². The van der Waals surface area contributed by atoms with Crippen LogP contribution >= 0.6 is 0 Å². The van der Waals surface area contributed by atoms with E-state index in [0.29, 0.717) is 11.2 Å². The molecule has 0 saturated heterocycles. The Morgan fingerprint density at radius 3 is 3.00 bits per heavy atom. The average molecular weight is 163 g/mol. The van der Waals surface area contributed by atoms with E-state index in [9.17, 15) is 4.79 Å². The fourth-order valence-electron chi connectivity index (χ4n) is 1.16. The summed E-state index contributed by atoms with van der Waals surface area (Å²) in [6, 6.07) is 1.77. The molecular formula is C8H9N3O. The van der Waals surface area contributed by atoms with Crippen LogP contribution in [0.15, 0.2) is 17.1 Å². The monoisotopic (exact) mass is 163 g/mol. The molecule has 62 valence electrons. The number of aryl methyl sites for hydroxylation is 1. The van der Waals surface area contributed by atoms with Crippen LogP contribution in [0.2, 0.25) is 0 Å². The average Bonchev–Trinajstić information content (AvgIpc) is 2.48. The number of aromatic nitrogens is 3. The van der Waals surface area contributed by atoms with Crippen LogP contribution in [-0.2, 0) is 0 Å². The topological polar surface area (TPSA) is 50.2 Å². The van der Waals surface area contributed by atoms with Crippen molar-refractivity contribution in [1.82, 2.24) is 14.6 Å². The lowest BCUT2D eigenvalue weighted by Gasteiger charge is -1.98. The van der Waals surface area contributed by atoms with E-state index < -0.39 is 0 Å². The summed E-state index contributed by atoms with van der Waals surface area (Å²) in [6.07, 6.45) is 1.70. The first-order valence-electron chi connectivity index (χ1n) is 3.73. The van der Waals surface area contributed by atoms with Gasteiger partial charge in [-0.1, -0.05) is 0 Å². The summed E-state index contributed by atoms with van der Waals surface area (Å²) in [7, 11) is 0. The zero-order valence-electron chi connectivity index (χ0n) is 6.96. The third-order valence-electron chi connectivity index (χ3n) is 2.01. The van der Waals surface area contributed by atoms with Crippen LogP contribution in [0.4, 0.5) is 0 Å². The Morgan fingerprint density at radius 1 is 1.50 bits per heavy atom. The zero-order valence-corrected chi connectivity index (χ0v) is 6.96. The molecule has 0 fully saturated rings. The maximum absolute atomic E-state index is 11.5. The molecule has 12 heavy (non-hydrogen) atoms. The molecule has 4 nitrogen and oxygen atoms in total. The third-order valence-corrected chi connectivity index (χ3v) is 2.01. The second kappa shape index (κ2) is 2.20. The fraction of sp³-hybridized carbons (Fsp3) is 0.250. The number of hydrogen-bond acceptors (Lipinski definition) is 2. The fourth-order valence-corrected chi connectivity index (χ4v) is 1.16. The van der Waals surface area contributed by atoms with Crippen molar-refractivity contribution in [2.45, 2.75) is 13.8 Å². The highest BCUT2D eigenvalue weighted by atomic mass is 16.1. The molecule has 0 aliphatic carbocycles. The molecule has 0 atom stereocenters. The molecular weight excluding hydrogens is 154 g/mol. The number of hydrogen-bond donors (Lipinski definition) is 1. The van der Waals surface area contributed by atoms with E-state index in [1.807, 2.05) is 6.92 Å². The summed E-state index contributed by atoms with van der Waals surface area (Å²) in [6.45, 7) is 3.61. The van der Waals surface area contributed by atoms with Crippen LogP contribution in [0.25, 0.3) is 5.65 Å². The number of H-pyrrole nitrogens is 1. The molecule has 0 radical (unpaired) electrons. The second-order valence-corrected chi connectivity index (χ2v) is 2.78. The first-order chi connectivity index (χ1) is 5.70. The van der Waals surface area contributed by atoms with Crippen molar-refractivity contribution < 1.29 is 0 Å². The summed E-state index contributed by atoms with van der Waals surface area (Å²) in [5, 5.41) is 2.80. The summed E-state index contributed by atoms with van der Waals surface area (Å²) >= 11 is 0. The lowest BCUT2D eigenvalue weighted by atomic mass is 10.3. The molecule has 2 aromatic rings. The van der Waals surface area contributed by atoms with Gasteiger partial charge in [-0.2, -0.15) is 0 Å². The molecule has 0 saturated carbocycles. The molecule has 4 heteroatoms. The van der Waals surface area contributed by atoms with Crippen molar-refractivity contribution >= 4 is 5.65 Å². The molecule has 2 heterocycles. The highest BCUT2D eigenvalue weighted by Gasteiger charge is 2.04. The van der Waals surface area contributed by atoms with Gasteiger partial charge in [0.05, 0.1) is 0 Å². The van der Waals surface area contributed by atoms with Crippen LogP contribution in [0.1, 0.15) is 11.3 Å². The predicted octanol–water partition coefficient (Wildman–Crippen LogP) is 0.639. The zero-order chi connectivity index (χ0) is 8.72. The molecule has 0 unspecified atom stereocenters. The molecule has 2 aromatic heterocycles. The maximum atomic E-state index is 11.5. The molecule has 1 N–H and O–H groups in total. The molecule has 0 aliphatic rings. The van der Waals surface area contributed by atoms with E-state index in [0.717, 1.165) is 5.69 Å². The van der Waals surface area contributed by atoms with Gasteiger partial charge in [-0.25, -0.2) is 9.50 Å². The first-order valence-corrected chi connectivity index (χ1v) is 3.73. The van der Waals surface area contributed by atoms with Crippen molar-refractivity contribution in [3.63, 3.8) is 0 Å². The van der Waals surface area contributed by atoms with E-state index >= 15 is 0 Å². The van der Waals surface area contributed by atoms with E-state index in [1.165, 1.54) is 4.52 Å². The van der Waals surface area contributed by atoms with Gasteiger partial charge in [0.2, 0.25) is 0 Å². The van der Waals surface area contributed by atoms with Crippen molar-refractivity contribution in [2.75, 3.05) is 0 Å². The van der Waals surface area contributed by atoms with Crippen molar-refractivity contribution in [3.05, 3.63) is 33.9 Å². The molecule has 2 rings (SSSR count). The summed E-state index contributed by atoms with van der Waals surface area (Å²) in [5.74, 6) is 0. The Labute approximate surface area is 68.8 Å². The highest BCUT2D eigenvalue weighted by Crippen LogP contribution is 1.99. The number of aromatic amines is 1.